The molecule has 1 N–H and O–H groups in total. The largest absolute Gasteiger partial charge is 0.497 e. The van der Waals surface area contributed by atoms with Crippen molar-refractivity contribution in [1.29, 1.82) is 0 Å². The van der Waals surface area contributed by atoms with Gasteiger partial charge in [0, 0.05) is 6.04 Å². The summed E-state index contributed by atoms with van der Waals surface area (Å²) in [7, 11) is 1.77. The number of fused-ring (bicyclic) bond motifs is 3. The molecule has 3 rings (SSSR count). The Morgan fingerprint density at radius 3 is 2.85 bits per heavy atom. The van der Waals surface area contributed by atoms with Crippen molar-refractivity contribution >= 4 is 0 Å². The summed E-state index contributed by atoms with van der Waals surface area (Å²) in [6.45, 7) is 5.76. The fourth-order valence-electron chi connectivity index (χ4n) is 4.44. The highest BCUT2D eigenvalue weighted by molar-refractivity contribution is 5.43. The molecule has 2 aliphatic carbocycles. The fraction of sp³-hybridized carbons (Fsp3) is 0.667. The first-order chi connectivity index (χ1) is 9.80. The summed E-state index contributed by atoms with van der Waals surface area (Å²) in [5.74, 6) is 3.42. The summed E-state index contributed by atoms with van der Waals surface area (Å²) in [6.07, 6.45) is 5.09. The Labute approximate surface area is 122 Å². The van der Waals surface area contributed by atoms with Gasteiger partial charge in [-0.2, -0.15) is 0 Å². The zero-order valence-corrected chi connectivity index (χ0v) is 13.0. The molecule has 0 saturated heterocycles. The van der Waals surface area contributed by atoms with E-state index in [1.807, 2.05) is 0 Å². The van der Waals surface area contributed by atoms with Crippen LogP contribution in [0.5, 0.6) is 5.75 Å². The van der Waals surface area contributed by atoms with Gasteiger partial charge in [-0.15, -0.1) is 0 Å². The van der Waals surface area contributed by atoms with Crippen molar-refractivity contribution < 1.29 is 4.74 Å². The monoisotopic (exact) mass is 273 g/mol. The molecule has 2 aliphatic rings. The Balaban J connectivity index is 1.85. The minimum absolute atomic E-state index is 0.740. The van der Waals surface area contributed by atoms with Crippen molar-refractivity contribution in [3.05, 3.63) is 29.3 Å². The minimum atomic E-state index is 0.740. The number of hydrogen-bond acceptors (Lipinski definition) is 2. The predicted octanol–water partition coefficient (Wildman–Crippen LogP) is 3.75. The summed E-state index contributed by atoms with van der Waals surface area (Å²) in [6, 6.07) is 7.43. The van der Waals surface area contributed by atoms with E-state index in [1.54, 1.807) is 18.2 Å². The van der Waals surface area contributed by atoms with E-state index in [2.05, 4.69) is 37.4 Å². The van der Waals surface area contributed by atoms with Crippen LogP contribution in [0.25, 0.3) is 0 Å². The second-order valence-corrected chi connectivity index (χ2v) is 6.35. The zero-order chi connectivity index (χ0) is 14.1. The van der Waals surface area contributed by atoms with Gasteiger partial charge in [-0.05, 0) is 66.8 Å². The highest BCUT2D eigenvalue weighted by atomic mass is 16.5. The van der Waals surface area contributed by atoms with E-state index in [0.29, 0.717) is 0 Å². The van der Waals surface area contributed by atoms with Crippen LogP contribution in [0.2, 0.25) is 0 Å². The van der Waals surface area contributed by atoms with Gasteiger partial charge in [0.25, 0.3) is 0 Å². The third-order valence-electron chi connectivity index (χ3n) is 5.41. The van der Waals surface area contributed by atoms with Crippen LogP contribution in [0, 0.1) is 11.8 Å². The second-order valence-electron chi connectivity index (χ2n) is 6.35. The van der Waals surface area contributed by atoms with Crippen LogP contribution < -0.4 is 10.1 Å². The van der Waals surface area contributed by atoms with Gasteiger partial charge in [0.2, 0.25) is 0 Å². The van der Waals surface area contributed by atoms with Crippen LogP contribution >= 0.6 is 0 Å². The molecule has 0 heterocycles. The lowest BCUT2D eigenvalue weighted by Gasteiger charge is -2.55. The molecule has 4 unspecified atom stereocenters. The lowest BCUT2D eigenvalue weighted by Crippen LogP contribution is -2.58. The first kappa shape index (κ1) is 13.9. The smallest absolute Gasteiger partial charge is 0.119 e. The number of methoxy groups -OCH3 is 1. The molecule has 1 saturated carbocycles. The number of benzene rings is 1. The normalized spacial score (nSPS) is 31.1. The Morgan fingerprint density at radius 2 is 2.15 bits per heavy atom. The Hall–Kier alpha value is -1.02. The van der Waals surface area contributed by atoms with Gasteiger partial charge in [0.1, 0.15) is 5.75 Å². The van der Waals surface area contributed by atoms with E-state index in [4.69, 9.17) is 4.74 Å². The molecular weight excluding hydrogens is 246 g/mol. The van der Waals surface area contributed by atoms with Crippen LogP contribution in [0.3, 0.4) is 0 Å². The van der Waals surface area contributed by atoms with E-state index < -0.39 is 0 Å². The van der Waals surface area contributed by atoms with E-state index in [9.17, 15) is 0 Å². The maximum absolute atomic E-state index is 5.43. The molecule has 0 radical (unpaired) electrons. The molecule has 2 heteroatoms. The van der Waals surface area contributed by atoms with Crippen molar-refractivity contribution in [2.75, 3.05) is 13.7 Å². The van der Waals surface area contributed by atoms with Gasteiger partial charge in [0.05, 0.1) is 7.11 Å². The quantitative estimate of drug-likeness (QED) is 0.882. The molecule has 0 aliphatic heterocycles. The third-order valence-corrected chi connectivity index (χ3v) is 5.41. The Bertz CT molecular complexity index is 470. The van der Waals surface area contributed by atoms with Crippen molar-refractivity contribution in [2.45, 2.75) is 51.5 Å². The highest BCUT2D eigenvalue weighted by Gasteiger charge is 2.51. The lowest BCUT2D eigenvalue weighted by molar-refractivity contribution is 0.0503. The summed E-state index contributed by atoms with van der Waals surface area (Å²) in [5, 5.41) is 3.80. The molecule has 1 fully saturated rings. The Morgan fingerprint density at radius 1 is 1.30 bits per heavy atom. The Kier molecular flexibility index (Phi) is 4.02. The second kappa shape index (κ2) is 5.77. The summed E-state index contributed by atoms with van der Waals surface area (Å²) < 4.78 is 5.43. The molecule has 4 atom stereocenters. The average molecular weight is 273 g/mol. The van der Waals surface area contributed by atoms with Crippen LogP contribution in [-0.4, -0.2) is 19.7 Å². The van der Waals surface area contributed by atoms with Crippen molar-refractivity contribution in [3.63, 3.8) is 0 Å². The minimum Gasteiger partial charge on any atom is -0.497 e. The van der Waals surface area contributed by atoms with Gasteiger partial charge in [-0.1, -0.05) is 26.3 Å². The molecule has 20 heavy (non-hydrogen) atoms. The first-order valence-corrected chi connectivity index (χ1v) is 8.20. The zero-order valence-electron chi connectivity index (χ0n) is 13.0. The standard InChI is InChI=1S/C18H27NO/c1-4-10-19-18-14(5-2)17-15(18)9-7-12-6-8-13(20-3)11-16(12)17/h6,8,11,14-15,17-19H,4-5,7,9-10H2,1-3H3. The van der Waals surface area contributed by atoms with Crippen LogP contribution in [0.4, 0.5) is 0 Å². The van der Waals surface area contributed by atoms with Crippen molar-refractivity contribution in [1.82, 2.24) is 5.32 Å². The van der Waals surface area contributed by atoms with Crippen molar-refractivity contribution in [2.24, 2.45) is 11.8 Å². The van der Waals surface area contributed by atoms with E-state index in [0.717, 1.165) is 36.1 Å². The van der Waals surface area contributed by atoms with Crippen LogP contribution in [-0.2, 0) is 6.42 Å². The highest BCUT2D eigenvalue weighted by Crippen LogP contribution is 2.55. The molecule has 1 aromatic rings. The van der Waals surface area contributed by atoms with E-state index in [-0.39, 0.29) is 0 Å². The molecular formula is C18H27NO. The maximum atomic E-state index is 5.43. The summed E-state index contributed by atoms with van der Waals surface area (Å²) in [4.78, 5) is 0. The maximum Gasteiger partial charge on any atom is 0.119 e. The average Bonchev–Trinajstić information content (AvgIpc) is 2.47. The molecule has 2 nitrogen and oxygen atoms in total. The van der Waals surface area contributed by atoms with E-state index in [1.165, 1.54) is 25.7 Å². The molecule has 110 valence electrons. The molecule has 0 bridgehead atoms. The summed E-state index contributed by atoms with van der Waals surface area (Å²) >= 11 is 0. The SMILES string of the molecule is CCCNC1C(CC)C2c3cc(OC)ccc3CCC12. The van der Waals surface area contributed by atoms with Gasteiger partial charge < -0.3 is 10.1 Å². The van der Waals surface area contributed by atoms with Crippen molar-refractivity contribution in [3.8, 4) is 5.75 Å². The van der Waals surface area contributed by atoms with Crippen LogP contribution in [0.1, 0.15) is 50.2 Å². The fourth-order valence-corrected chi connectivity index (χ4v) is 4.44. The number of rotatable bonds is 5. The van der Waals surface area contributed by atoms with Gasteiger partial charge in [0.15, 0.2) is 0 Å². The number of ether oxygens (including phenoxy) is 1. The molecule has 0 amide bonds. The van der Waals surface area contributed by atoms with Gasteiger partial charge >= 0.3 is 0 Å². The first-order valence-electron chi connectivity index (χ1n) is 8.20. The van der Waals surface area contributed by atoms with Gasteiger partial charge in [-0.25, -0.2) is 0 Å². The lowest BCUT2D eigenvalue weighted by atomic mass is 9.53. The van der Waals surface area contributed by atoms with Crippen LogP contribution in [0.15, 0.2) is 18.2 Å². The third kappa shape index (κ3) is 2.14. The summed E-state index contributed by atoms with van der Waals surface area (Å²) in [5.41, 5.74) is 3.13. The molecule has 1 aromatic carbocycles. The number of hydrogen-bond donors (Lipinski definition) is 1. The molecule has 0 aromatic heterocycles. The number of aryl methyl sites for hydroxylation is 1. The van der Waals surface area contributed by atoms with Gasteiger partial charge in [-0.3, -0.25) is 0 Å². The predicted molar refractivity (Wildman–Crippen MR) is 83.4 cm³/mol. The topological polar surface area (TPSA) is 21.3 Å². The number of nitrogens with one attached hydrogen (secondary N) is 1. The van der Waals surface area contributed by atoms with E-state index >= 15 is 0 Å². The molecule has 0 spiro atoms.